The molecule has 3 rings (SSSR count). The Morgan fingerprint density at radius 1 is 1.23 bits per heavy atom. The van der Waals surface area contributed by atoms with Gasteiger partial charge < -0.3 is 15.2 Å². The molecule has 1 amide bonds. The van der Waals surface area contributed by atoms with E-state index in [2.05, 4.69) is 0 Å². The number of amides is 1. The largest absolute Gasteiger partial charge is 0.445 e. The van der Waals surface area contributed by atoms with E-state index in [-0.39, 0.29) is 0 Å². The zero-order valence-electron chi connectivity index (χ0n) is 12.5. The summed E-state index contributed by atoms with van der Waals surface area (Å²) in [5.74, 6) is -1.28. The lowest BCUT2D eigenvalue weighted by molar-refractivity contribution is -0.129. The highest BCUT2D eigenvalue weighted by atomic mass is 16.6. The average Bonchev–Trinajstić information content (AvgIpc) is 3.23. The molecule has 5 nitrogen and oxygen atoms in total. The summed E-state index contributed by atoms with van der Waals surface area (Å²) in [7, 11) is 0. The minimum Gasteiger partial charge on any atom is -0.445 e. The summed E-state index contributed by atoms with van der Waals surface area (Å²) in [6.45, 7) is 4.02. The summed E-state index contributed by atoms with van der Waals surface area (Å²) < 4.78 is 10.5. The Kier molecular flexibility index (Phi) is 3.37. The van der Waals surface area contributed by atoms with Crippen LogP contribution in [0.15, 0.2) is 36.4 Å². The van der Waals surface area contributed by atoms with Gasteiger partial charge in [-0.05, 0) is 36.2 Å². The third-order valence-corrected chi connectivity index (χ3v) is 4.00. The van der Waals surface area contributed by atoms with Gasteiger partial charge in [0.2, 0.25) is 6.10 Å². The predicted octanol–water partition coefficient (Wildman–Crippen LogP) is 1.95. The second-order valence-corrected chi connectivity index (χ2v) is 5.76. The van der Waals surface area contributed by atoms with E-state index in [9.17, 15) is 9.59 Å². The van der Waals surface area contributed by atoms with Crippen molar-refractivity contribution >= 4 is 22.6 Å². The molecule has 1 heterocycles. The maximum absolute atomic E-state index is 12.5. The molecule has 22 heavy (non-hydrogen) atoms. The van der Waals surface area contributed by atoms with E-state index < -0.39 is 23.6 Å². The van der Waals surface area contributed by atoms with Gasteiger partial charge in [-0.1, -0.05) is 30.3 Å². The van der Waals surface area contributed by atoms with Gasteiger partial charge in [0, 0.05) is 0 Å². The molecule has 0 aliphatic carbocycles. The number of epoxide rings is 1. The van der Waals surface area contributed by atoms with E-state index in [0.29, 0.717) is 12.2 Å². The molecule has 0 saturated carbocycles. The summed E-state index contributed by atoms with van der Waals surface area (Å²) in [4.78, 5) is 24.0. The van der Waals surface area contributed by atoms with Crippen molar-refractivity contribution < 1.29 is 19.1 Å². The van der Waals surface area contributed by atoms with E-state index >= 15 is 0 Å². The van der Waals surface area contributed by atoms with Crippen LogP contribution in [0.25, 0.3) is 10.8 Å². The van der Waals surface area contributed by atoms with Gasteiger partial charge in [0.15, 0.2) is 0 Å². The summed E-state index contributed by atoms with van der Waals surface area (Å²) >= 11 is 0. The number of esters is 1. The first-order valence-electron chi connectivity index (χ1n) is 7.05. The number of nitrogens with two attached hydrogens (primary N) is 1. The van der Waals surface area contributed by atoms with Gasteiger partial charge in [0.1, 0.15) is 5.60 Å². The third-order valence-electron chi connectivity index (χ3n) is 4.00. The summed E-state index contributed by atoms with van der Waals surface area (Å²) in [5, 5.41) is 1.76. The van der Waals surface area contributed by atoms with Crippen LogP contribution in [-0.4, -0.2) is 30.2 Å². The van der Waals surface area contributed by atoms with Crippen molar-refractivity contribution in [1.82, 2.24) is 0 Å². The van der Waals surface area contributed by atoms with Crippen molar-refractivity contribution in [2.24, 2.45) is 5.73 Å². The second kappa shape index (κ2) is 5.10. The van der Waals surface area contributed by atoms with Crippen LogP contribution in [0.5, 0.6) is 0 Å². The number of ether oxygens (including phenoxy) is 2. The Bertz CT molecular complexity index is 764. The molecular formula is C17H17NO4. The van der Waals surface area contributed by atoms with Crippen LogP contribution in [0.2, 0.25) is 0 Å². The first-order chi connectivity index (χ1) is 10.4. The first kappa shape index (κ1) is 14.5. The van der Waals surface area contributed by atoms with Crippen LogP contribution in [0.4, 0.5) is 0 Å². The number of primary amides is 1. The molecule has 2 aromatic rings. The van der Waals surface area contributed by atoms with Crippen LogP contribution in [-0.2, 0) is 14.3 Å². The molecule has 1 fully saturated rings. The van der Waals surface area contributed by atoms with Crippen molar-refractivity contribution in [2.75, 3.05) is 6.61 Å². The normalized spacial score (nSPS) is 21.4. The van der Waals surface area contributed by atoms with E-state index in [4.69, 9.17) is 15.2 Å². The number of carbonyl (C=O) groups excluding carboxylic acids is 2. The predicted molar refractivity (Wildman–Crippen MR) is 81.4 cm³/mol. The van der Waals surface area contributed by atoms with Crippen LogP contribution < -0.4 is 5.73 Å². The van der Waals surface area contributed by atoms with Gasteiger partial charge in [0.05, 0.1) is 12.2 Å². The van der Waals surface area contributed by atoms with Gasteiger partial charge in [-0.2, -0.15) is 0 Å². The number of fused-ring (bicyclic) bond motifs is 1. The molecule has 0 spiro atoms. The molecule has 0 bridgehead atoms. The molecular weight excluding hydrogens is 282 g/mol. The van der Waals surface area contributed by atoms with Crippen molar-refractivity contribution in [3.05, 3.63) is 47.5 Å². The number of carbonyl (C=O) groups is 2. The Hall–Kier alpha value is -2.40. The maximum Gasteiger partial charge on any atom is 0.339 e. The van der Waals surface area contributed by atoms with Gasteiger partial charge in [-0.15, -0.1) is 0 Å². The van der Waals surface area contributed by atoms with Gasteiger partial charge >= 0.3 is 5.97 Å². The Morgan fingerprint density at radius 2 is 1.86 bits per heavy atom. The van der Waals surface area contributed by atoms with Crippen molar-refractivity contribution in [3.63, 3.8) is 0 Å². The monoisotopic (exact) mass is 299 g/mol. The van der Waals surface area contributed by atoms with Gasteiger partial charge in [-0.3, -0.25) is 4.79 Å². The van der Waals surface area contributed by atoms with Crippen LogP contribution >= 0.6 is 0 Å². The molecule has 2 aromatic carbocycles. The fourth-order valence-electron chi connectivity index (χ4n) is 2.56. The lowest BCUT2D eigenvalue weighted by atomic mass is 10.0. The maximum atomic E-state index is 12.5. The Labute approximate surface area is 128 Å². The standard InChI is InChI=1S/C17H17NO4/c1-10-5-3-7-12-11(10)6-4-8-13(12)16(20)22-14(15(18)19)17(2)9-21-17/h3-8,14H,9H2,1-2H3,(H2,18,19)/t14-,17+/m1/s1. The SMILES string of the molecule is Cc1cccc2c(C(=O)O[C@H](C(N)=O)[C@]3(C)CO3)cccc12. The van der Waals surface area contributed by atoms with Crippen LogP contribution in [0.1, 0.15) is 22.8 Å². The minimum atomic E-state index is -1.08. The fourth-order valence-corrected chi connectivity index (χ4v) is 2.56. The molecule has 0 aromatic heterocycles. The average molecular weight is 299 g/mol. The van der Waals surface area contributed by atoms with E-state index in [1.54, 1.807) is 19.1 Å². The molecule has 1 aliphatic rings. The lowest BCUT2D eigenvalue weighted by Gasteiger charge is -2.18. The number of rotatable bonds is 4. The summed E-state index contributed by atoms with van der Waals surface area (Å²) in [5.41, 5.74) is 6.01. The van der Waals surface area contributed by atoms with Gasteiger partial charge in [-0.25, -0.2) is 4.79 Å². The van der Waals surface area contributed by atoms with E-state index in [0.717, 1.165) is 16.3 Å². The van der Waals surface area contributed by atoms with Crippen molar-refractivity contribution in [2.45, 2.75) is 25.6 Å². The van der Waals surface area contributed by atoms with E-state index in [1.807, 2.05) is 31.2 Å². The highest BCUT2D eigenvalue weighted by Crippen LogP contribution is 2.33. The van der Waals surface area contributed by atoms with Crippen molar-refractivity contribution in [3.8, 4) is 0 Å². The quantitative estimate of drug-likeness (QED) is 0.691. The molecule has 0 unspecified atom stereocenters. The van der Waals surface area contributed by atoms with Gasteiger partial charge in [0.25, 0.3) is 5.91 Å². The smallest absolute Gasteiger partial charge is 0.339 e. The number of benzene rings is 2. The Morgan fingerprint density at radius 3 is 2.50 bits per heavy atom. The molecule has 1 saturated heterocycles. The van der Waals surface area contributed by atoms with E-state index in [1.165, 1.54) is 0 Å². The third kappa shape index (κ3) is 2.44. The topological polar surface area (TPSA) is 81.9 Å². The minimum absolute atomic E-state index is 0.350. The summed E-state index contributed by atoms with van der Waals surface area (Å²) in [6, 6.07) is 11.1. The second-order valence-electron chi connectivity index (χ2n) is 5.76. The molecule has 2 N–H and O–H groups in total. The number of hydrogen-bond acceptors (Lipinski definition) is 4. The van der Waals surface area contributed by atoms with Crippen LogP contribution in [0.3, 0.4) is 0 Å². The molecule has 2 atom stereocenters. The number of hydrogen-bond donors (Lipinski definition) is 1. The highest BCUT2D eigenvalue weighted by Gasteiger charge is 2.52. The highest BCUT2D eigenvalue weighted by molar-refractivity contribution is 6.06. The number of aryl methyl sites for hydroxylation is 1. The molecule has 114 valence electrons. The molecule has 1 aliphatic heterocycles. The molecule has 5 heteroatoms. The van der Waals surface area contributed by atoms with Crippen molar-refractivity contribution in [1.29, 1.82) is 0 Å². The van der Waals surface area contributed by atoms with Crippen LogP contribution in [0, 0.1) is 6.92 Å². The lowest BCUT2D eigenvalue weighted by Crippen LogP contribution is -2.43. The zero-order valence-corrected chi connectivity index (χ0v) is 12.5. The Balaban J connectivity index is 1.96. The fraction of sp³-hybridized carbons (Fsp3) is 0.294. The zero-order chi connectivity index (χ0) is 15.9. The first-order valence-corrected chi connectivity index (χ1v) is 7.05. The molecule has 0 radical (unpaired) electrons. The summed E-state index contributed by atoms with van der Waals surface area (Å²) in [6.07, 6.45) is -1.08.